The molecule has 330 valence electrons. The second-order valence-corrected chi connectivity index (χ2v) is 17.3. The second kappa shape index (κ2) is 20.5. The molecule has 0 spiro atoms. The maximum absolute atomic E-state index is 14.9. The van der Waals surface area contributed by atoms with Gasteiger partial charge in [0.15, 0.2) is 17.3 Å². The third kappa shape index (κ3) is 11.0. The zero-order valence-corrected chi connectivity index (χ0v) is 36.9. The zero-order valence-electron chi connectivity index (χ0n) is 36.1. The summed E-state index contributed by atoms with van der Waals surface area (Å²) in [6.45, 7) is 5.10. The SMILES string of the molecule is CC(=O)[C@H](C)CC(=O)[C@@H]1Cc2ccc(O)c(c2)-c2cc(cc3cc(CN)oc23)[C@H](N(C)C(=O)[C@H](CCCCN)CC(=O)c2ccc(-c3ccc(Cl)cc3)cc2)C(=O)C[C@@H](C)C(=O)N1. The number of nitrogens with one attached hydrogen (secondary N) is 1. The third-order valence-corrected chi connectivity index (χ3v) is 12.3. The Balaban J connectivity index is 1.41. The molecule has 1 aliphatic rings. The molecule has 12 nitrogen and oxygen atoms in total. The van der Waals surface area contributed by atoms with Crippen molar-refractivity contribution in [1.82, 2.24) is 10.2 Å². The van der Waals surface area contributed by atoms with E-state index in [1.165, 1.54) is 24.9 Å². The lowest BCUT2D eigenvalue weighted by Crippen LogP contribution is -2.46. The van der Waals surface area contributed by atoms with Gasteiger partial charge < -0.3 is 31.2 Å². The van der Waals surface area contributed by atoms with E-state index in [1.807, 2.05) is 24.3 Å². The lowest BCUT2D eigenvalue weighted by Gasteiger charge is -2.32. The summed E-state index contributed by atoms with van der Waals surface area (Å²) >= 11 is 6.08. The fourth-order valence-corrected chi connectivity index (χ4v) is 8.35. The maximum atomic E-state index is 14.9. The Morgan fingerprint density at radius 2 is 1.57 bits per heavy atom. The number of carbonyl (C=O) groups excluding carboxylic acids is 6. The predicted molar refractivity (Wildman–Crippen MR) is 243 cm³/mol. The Morgan fingerprint density at radius 1 is 0.889 bits per heavy atom. The van der Waals surface area contributed by atoms with Crippen LogP contribution in [0.5, 0.6) is 5.75 Å². The highest BCUT2D eigenvalue weighted by Gasteiger charge is 2.36. The number of phenols is 1. The topological polar surface area (TPSA) is 203 Å². The van der Waals surface area contributed by atoms with E-state index in [0.717, 1.165) is 11.1 Å². The van der Waals surface area contributed by atoms with Crippen LogP contribution in [0.25, 0.3) is 33.2 Å². The summed E-state index contributed by atoms with van der Waals surface area (Å²) in [7, 11) is 1.52. The molecule has 0 fully saturated rings. The van der Waals surface area contributed by atoms with Gasteiger partial charge in [-0.05, 0) is 97.4 Å². The van der Waals surface area contributed by atoms with Gasteiger partial charge in [-0.2, -0.15) is 0 Å². The van der Waals surface area contributed by atoms with Gasteiger partial charge in [0.25, 0.3) is 0 Å². The molecular weight excluding hydrogens is 820 g/mol. The van der Waals surface area contributed by atoms with Crippen molar-refractivity contribution in [1.29, 1.82) is 0 Å². The van der Waals surface area contributed by atoms with Crippen LogP contribution >= 0.6 is 11.6 Å². The quantitative estimate of drug-likeness (QED) is 0.0591. The highest BCUT2D eigenvalue weighted by molar-refractivity contribution is 6.30. The molecule has 0 aliphatic carbocycles. The first kappa shape index (κ1) is 46.6. The number of ketones is 4. The minimum absolute atomic E-state index is 0.0504. The number of fused-ring (bicyclic) bond motifs is 7. The largest absolute Gasteiger partial charge is 0.507 e. The molecule has 2 amide bonds. The number of halogens is 1. The number of unbranched alkanes of at least 4 members (excludes halogenated alkanes) is 1. The Bertz CT molecular complexity index is 2510. The molecule has 4 bridgehead atoms. The van der Waals surface area contributed by atoms with Crippen LogP contribution in [0, 0.1) is 17.8 Å². The van der Waals surface area contributed by atoms with Gasteiger partial charge >= 0.3 is 0 Å². The Morgan fingerprint density at radius 3 is 2.22 bits per heavy atom. The molecule has 5 aromatic rings. The van der Waals surface area contributed by atoms with Gasteiger partial charge in [0.2, 0.25) is 11.8 Å². The van der Waals surface area contributed by atoms with Crippen molar-refractivity contribution in [3.8, 4) is 28.0 Å². The maximum Gasteiger partial charge on any atom is 0.226 e. The highest BCUT2D eigenvalue weighted by Crippen LogP contribution is 2.41. The molecule has 0 radical (unpaired) electrons. The minimum atomic E-state index is -1.25. The van der Waals surface area contributed by atoms with Crippen molar-refractivity contribution >= 4 is 57.5 Å². The average Bonchev–Trinajstić information content (AvgIpc) is 3.69. The van der Waals surface area contributed by atoms with Crippen molar-refractivity contribution in [3.63, 3.8) is 0 Å². The molecule has 2 heterocycles. The van der Waals surface area contributed by atoms with E-state index in [4.69, 9.17) is 27.5 Å². The van der Waals surface area contributed by atoms with E-state index in [-0.39, 0.29) is 55.3 Å². The first-order valence-corrected chi connectivity index (χ1v) is 21.8. The number of nitrogens with zero attached hydrogens (tertiary/aromatic N) is 1. The monoisotopic (exact) mass is 874 g/mol. The summed E-state index contributed by atoms with van der Waals surface area (Å²) < 4.78 is 6.19. The summed E-state index contributed by atoms with van der Waals surface area (Å²) in [5.41, 5.74) is 16.3. The molecule has 1 aliphatic heterocycles. The smallest absolute Gasteiger partial charge is 0.226 e. The number of hydrogen-bond donors (Lipinski definition) is 4. The van der Waals surface area contributed by atoms with Crippen LogP contribution in [-0.2, 0) is 36.9 Å². The third-order valence-electron chi connectivity index (χ3n) is 12.1. The summed E-state index contributed by atoms with van der Waals surface area (Å²) in [4.78, 5) is 84.7. The van der Waals surface area contributed by atoms with Gasteiger partial charge in [-0.3, -0.25) is 28.8 Å². The fraction of sp³-hybridized carbons (Fsp3) is 0.360. The van der Waals surface area contributed by atoms with Gasteiger partial charge in [0, 0.05) is 71.2 Å². The number of carbonyl (C=O) groups is 6. The minimum Gasteiger partial charge on any atom is -0.507 e. The van der Waals surface area contributed by atoms with E-state index in [2.05, 4.69) is 5.32 Å². The lowest BCUT2D eigenvalue weighted by atomic mass is 9.87. The number of phenolic OH excluding ortho intramolecular Hbond substituents is 1. The first-order valence-electron chi connectivity index (χ1n) is 21.4. The van der Waals surface area contributed by atoms with Gasteiger partial charge in [0.1, 0.15) is 28.9 Å². The lowest BCUT2D eigenvalue weighted by molar-refractivity contribution is -0.142. The van der Waals surface area contributed by atoms with Crippen LogP contribution in [-0.4, -0.2) is 64.6 Å². The molecule has 0 saturated heterocycles. The number of nitrogens with two attached hydrogens (primary N) is 2. The standard InChI is InChI=1S/C50H55ClN4O8/c1-28(30(3)56)19-45(59)42-22-31-8-17-43(57)40(21-31)41-25-36(23-37-24-39(27-53)63-48(37)41)47(46(60)20-29(2)49(61)54-42)55(4)50(62)35(7-5-6-18-52)26-44(58)34-11-9-32(10-12-34)33-13-15-38(51)16-14-33/h8-17,21,23-25,28-29,35,42,47,57H,5-7,18-20,22,26-27,52-53H2,1-4H3,(H,54,61)/t28-,29-,35-,42+,47+/m1/s1. The molecule has 6 rings (SSSR count). The van der Waals surface area contributed by atoms with Crippen LogP contribution < -0.4 is 16.8 Å². The molecule has 0 saturated carbocycles. The van der Waals surface area contributed by atoms with E-state index < -0.39 is 47.4 Å². The van der Waals surface area contributed by atoms with Crippen LogP contribution in [0.2, 0.25) is 5.02 Å². The summed E-state index contributed by atoms with van der Waals surface area (Å²) in [5, 5.41) is 15.4. The number of rotatable bonds is 15. The Kier molecular flexibility index (Phi) is 15.1. The normalized spacial score (nSPS) is 17.7. The Hall–Kier alpha value is -5.95. The number of Topliss-reactive ketones (excluding diaryl/α,β-unsaturated/α-hetero) is 4. The van der Waals surface area contributed by atoms with Crippen molar-refractivity contribution in [2.45, 2.75) is 84.3 Å². The summed E-state index contributed by atoms with van der Waals surface area (Å²) in [6, 6.07) is 22.2. The predicted octanol–water partition coefficient (Wildman–Crippen LogP) is 7.92. The molecule has 0 unspecified atom stereocenters. The number of benzene rings is 4. The van der Waals surface area contributed by atoms with Gasteiger partial charge in [-0.1, -0.05) is 74.3 Å². The summed E-state index contributed by atoms with van der Waals surface area (Å²) in [5.74, 6) is -4.22. The van der Waals surface area contributed by atoms with Gasteiger partial charge in [-0.15, -0.1) is 0 Å². The van der Waals surface area contributed by atoms with Crippen LogP contribution in [0.4, 0.5) is 0 Å². The Labute approximate surface area is 372 Å². The molecule has 1 aromatic heterocycles. The average molecular weight is 875 g/mol. The zero-order chi connectivity index (χ0) is 45.5. The van der Waals surface area contributed by atoms with E-state index in [1.54, 1.807) is 68.4 Å². The highest BCUT2D eigenvalue weighted by atomic mass is 35.5. The molecule has 13 heteroatoms. The van der Waals surface area contributed by atoms with Crippen LogP contribution in [0.1, 0.15) is 92.6 Å². The van der Waals surface area contributed by atoms with Crippen molar-refractivity contribution in [3.05, 3.63) is 112 Å². The molecule has 5 atom stereocenters. The summed E-state index contributed by atoms with van der Waals surface area (Å²) in [6.07, 6.45) is 1.03. The van der Waals surface area contributed by atoms with Gasteiger partial charge in [0.05, 0.1) is 12.6 Å². The molecule has 4 aromatic carbocycles. The van der Waals surface area contributed by atoms with E-state index >= 15 is 0 Å². The molecule has 6 N–H and O–H groups in total. The second-order valence-electron chi connectivity index (χ2n) is 16.8. The molecular formula is C50H55ClN4O8. The van der Waals surface area contributed by atoms with Crippen molar-refractivity contribution in [2.24, 2.45) is 29.2 Å². The van der Waals surface area contributed by atoms with Gasteiger partial charge in [-0.25, -0.2) is 0 Å². The number of likely N-dealkylation sites (N-methyl/N-ethyl adjacent to an activating group) is 1. The van der Waals surface area contributed by atoms with E-state index in [0.29, 0.717) is 75.4 Å². The fourth-order valence-electron chi connectivity index (χ4n) is 8.22. The van der Waals surface area contributed by atoms with Crippen molar-refractivity contribution in [2.75, 3.05) is 13.6 Å². The number of furan rings is 1. The van der Waals surface area contributed by atoms with E-state index in [9.17, 15) is 33.9 Å². The number of hydrogen-bond acceptors (Lipinski definition) is 10. The first-order chi connectivity index (χ1) is 30.1. The van der Waals surface area contributed by atoms with Crippen LogP contribution in [0.15, 0.2) is 89.3 Å². The van der Waals surface area contributed by atoms with Crippen LogP contribution in [0.3, 0.4) is 0 Å². The molecule has 63 heavy (non-hydrogen) atoms. The van der Waals surface area contributed by atoms with Crippen molar-refractivity contribution < 1.29 is 38.3 Å². The number of aromatic hydroxyl groups is 1. The number of amides is 2.